The van der Waals surface area contributed by atoms with Gasteiger partial charge in [0.25, 0.3) is 0 Å². The Morgan fingerprint density at radius 1 is 1.15 bits per heavy atom. The molecule has 27 heavy (non-hydrogen) atoms. The highest BCUT2D eigenvalue weighted by atomic mass is 127. The largest absolute Gasteiger partial charge is 0.493 e. The molecule has 0 aliphatic carbocycles. The van der Waals surface area contributed by atoms with Gasteiger partial charge in [0, 0.05) is 31.5 Å². The molecule has 0 radical (unpaired) electrons. The molecule has 150 valence electrons. The van der Waals surface area contributed by atoms with Crippen molar-refractivity contribution in [2.75, 3.05) is 45.0 Å². The van der Waals surface area contributed by atoms with Crippen LogP contribution in [0.15, 0.2) is 12.1 Å². The van der Waals surface area contributed by atoms with Crippen LogP contribution in [0.4, 0.5) is 0 Å². The lowest BCUT2D eigenvalue weighted by Gasteiger charge is -2.51. The van der Waals surface area contributed by atoms with Gasteiger partial charge in [-0.2, -0.15) is 0 Å². The number of fused-ring (bicyclic) bond motifs is 3. The zero-order valence-electron chi connectivity index (χ0n) is 16.3. The Bertz CT molecular complexity index is 662. The number of ether oxygens (including phenoxy) is 4. The third kappa shape index (κ3) is 3.70. The number of halogens is 1. The van der Waals surface area contributed by atoms with Gasteiger partial charge in [-0.05, 0) is 46.9 Å². The van der Waals surface area contributed by atoms with E-state index >= 15 is 0 Å². The van der Waals surface area contributed by atoms with E-state index in [1.807, 2.05) is 0 Å². The van der Waals surface area contributed by atoms with E-state index in [0.717, 1.165) is 37.4 Å². The number of unbranched alkanes of at least 4 members (excludes halogenated alkanes) is 1. The topological polar surface area (TPSA) is 40.2 Å². The van der Waals surface area contributed by atoms with E-state index in [9.17, 15) is 0 Å². The highest BCUT2D eigenvalue weighted by Gasteiger charge is 2.52. The molecule has 4 rings (SSSR count). The predicted octanol–water partition coefficient (Wildman–Crippen LogP) is 3.97. The van der Waals surface area contributed by atoms with Crippen LogP contribution < -0.4 is 9.47 Å². The van der Waals surface area contributed by atoms with Crippen LogP contribution in [-0.4, -0.2) is 55.6 Å². The van der Waals surface area contributed by atoms with Crippen LogP contribution in [0, 0.1) is 5.92 Å². The number of nitrogens with zero attached hydrogens (tertiary/aromatic N) is 1. The Balaban J connectivity index is 1.62. The van der Waals surface area contributed by atoms with Gasteiger partial charge in [-0.25, -0.2) is 0 Å². The number of piperidine rings is 1. The molecule has 3 heterocycles. The van der Waals surface area contributed by atoms with Gasteiger partial charge in [0.1, 0.15) is 0 Å². The molecule has 1 aromatic carbocycles. The van der Waals surface area contributed by atoms with Crippen molar-refractivity contribution in [3.05, 3.63) is 23.3 Å². The summed E-state index contributed by atoms with van der Waals surface area (Å²) in [5, 5.41) is 0. The fourth-order valence-electron chi connectivity index (χ4n) is 5.02. The Labute approximate surface area is 175 Å². The maximum Gasteiger partial charge on any atom is 0.174 e. The normalized spacial score (nSPS) is 26.6. The molecule has 0 N–H and O–H groups in total. The lowest BCUT2D eigenvalue weighted by Crippen LogP contribution is -2.55. The average Bonchev–Trinajstić information content (AvgIpc) is 3.16. The highest BCUT2D eigenvalue weighted by Crippen LogP contribution is 2.49. The van der Waals surface area contributed by atoms with Gasteiger partial charge in [-0.3, -0.25) is 4.90 Å². The summed E-state index contributed by atoms with van der Waals surface area (Å²) in [5.41, 5.74) is 2.72. The van der Waals surface area contributed by atoms with Crippen molar-refractivity contribution in [1.29, 1.82) is 0 Å². The second-order valence-electron chi connectivity index (χ2n) is 7.76. The summed E-state index contributed by atoms with van der Waals surface area (Å²) in [7, 11) is 3.41. The van der Waals surface area contributed by atoms with Crippen LogP contribution in [0.5, 0.6) is 11.5 Å². The molecule has 1 aromatic rings. The van der Waals surface area contributed by atoms with Crippen LogP contribution >= 0.6 is 22.6 Å². The predicted molar refractivity (Wildman–Crippen MR) is 113 cm³/mol. The molecule has 1 spiro atoms. The lowest BCUT2D eigenvalue weighted by atomic mass is 9.77. The summed E-state index contributed by atoms with van der Waals surface area (Å²) in [6.07, 6.45) is 5.68. The quantitative estimate of drug-likeness (QED) is 0.345. The Kier molecular flexibility index (Phi) is 6.16. The van der Waals surface area contributed by atoms with Gasteiger partial charge < -0.3 is 18.9 Å². The lowest BCUT2D eigenvalue weighted by molar-refractivity contribution is -0.235. The molecule has 0 bridgehead atoms. The Morgan fingerprint density at radius 2 is 1.89 bits per heavy atom. The first kappa shape index (κ1) is 19.7. The zero-order chi connectivity index (χ0) is 18.9. The van der Waals surface area contributed by atoms with Gasteiger partial charge in [0.05, 0.1) is 27.4 Å². The van der Waals surface area contributed by atoms with Gasteiger partial charge in [-0.15, -0.1) is 0 Å². The van der Waals surface area contributed by atoms with E-state index in [1.54, 1.807) is 14.2 Å². The first-order valence-corrected chi connectivity index (χ1v) is 11.6. The minimum atomic E-state index is -0.409. The Morgan fingerprint density at radius 3 is 2.59 bits per heavy atom. The van der Waals surface area contributed by atoms with E-state index < -0.39 is 5.79 Å². The number of methoxy groups -OCH3 is 2. The van der Waals surface area contributed by atoms with Crippen LogP contribution in [0.1, 0.15) is 42.9 Å². The number of hydrogen-bond donors (Lipinski definition) is 0. The van der Waals surface area contributed by atoms with Gasteiger partial charge in [-0.1, -0.05) is 29.0 Å². The minimum absolute atomic E-state index is 0.326. The van der Waals surface area contributed by atoms with Crippen LogP contribution in [0.3, 0.4) is 0 Å². The van der Waals surface area contributed by atoms with E-state index in [4.69, 9.17) is 18.9 Å². The van der Waals surface area contributed by atoms with Gasteiger partial charge >= 0.3 is 0 Å². The number of benzene rings is 1. The molecule has 0 amide bonds. The fourth-order valence-corrected chi connectivity index (χ4v) is 5.56. The Hall–Kier alpha value is -0.570. The number of rotatable bonds is 6. The van der Waals surface area contributed by atoms with Gasteiger partial charge in [0.2, 0.25) is 0 Å². The molecule has 2 saturated heterocycles. The molecular formula is C21H30INO4. The van der Waals surface area contributed by atoms with E-state index in [2.05, 4.69) is 39.6 Å². The maximum absolute atomic E-state index is 6.28. The molecular weight excluding hydrogens is 457 g/mol. The second-order valence-corrected chi connectivity index (χ2v) is 8.84. The number of hydrogen-bond acceptors (Lipinski definition) is 5. The third-order valence-electron chi connectivity index (χ3n) is 6.38. The molecule has 2 atom stereocenters. The number of alkyl halides is 1. The summed E-state index contributed by atoms with van der Waals surface area (Å²) in [5.74, 6) is 1.68. The second kappa shape index (κ2) is 8.43. The monoisotopic (exact) mass is 487 g/mol. The maximum atomic E-state index is 6.28. The summed E-state index contributed by atoms with van der Waals surface area (Å²) >= 11 is 2.47. The smallest absolute Gasteiger partial charge is 0.174 e. The fraction of sp³-hybridized carbons (Fsp3) is 0.714. The SMILES string of the molecule is COc1cc2c(cc1OC)[C@H]1CC3(OCCO3)[C@H](CCCCI)CN1CC2. The van der Waals surface area contributed by atoms with Crippen molar-refractivity contribution in [1.82, 2.24) is 4.90 Å². The molecule has 2 fully saturated rings. The minimum Gasteiger partial charge on any atom is -0.493 e. The third-order valence-corrected chi connectivity index (χ3v) is 7.14. The zero-order valence-corrected chi connectivity index (χ0v) is 18.5. The van der Waals surface area contributed by atoms with Crippen molar-refractivity contribution in [3.8, 4) is 11.5 Å². The van der Waals surface area contributed by atoms with E-state index in [1.165, 1.54) is 34.8 Å². The van der Waals surface area contributed by atoms with Crippen molar-refractivity contribution in [3.63, 3.8) is 0 Å². The molecule has 3 aliphatic heterocycles. The average molecular weight is 487 g/mol. The first-order chi connectivity index (χ1) is 13.2. The summed E-state index contributed by atoms with van der Waals surface area (Å²) in [4.78, 5) is 2.64. The molecule has 0 unspecified atom stereocenters. The van der Waals surface area contributed by atoms with Crippen LogP contribution in [0.25, 0.3) is 0 Å². The van der Waals surface area contributed by atoms with Crippen molar-refractivity contribution in [2.45, 2.75) is 43.9 Å². The van der Waals surface area contributed by atoms with E-state index in [-0.39, 0.29) is 0 Å². The van der Waals surface area contributed by atoms with Crippen LogP contribution in [0.2, 0.25) is 0 Å². The van der Waals surface area contributed by atoms with Crippen molar-refractivity contribution < 1.29 is 18.9 Å². The first-order valence-electron chi connectivity index (χ1n) is 10.0. The van der Waals surface area contributed by atoms with Crippen molar-refractivity contribution in [2.24, 2.45) is 5.92 Å². The standard InChI is InChI=1S/C21H30INO4/c1-24-19-11-15-6-8-23-14-16(5-3-4-7-22)21(26-9-10-27-21)13-18(23)17(15)12-20(19)25-2/h11-12,16,18H,3-10,13-14H2,1-2H3/t16-,18-/m1/s1. The highest BCUT2D eigenvalue weighted by molar-refractivity contribution is 14.1. The van der Waals surface area contributed by atoms with Crippen molar-refractivity contribution >= 4 is 22.6 Å². The molecule has 6 heteroatoms. The van der Waals surface area contributed by atoms with Gasteiger partial charge in [0.15, 0.2) is 17.3 Å². The molecule has 5 nitrogen and oxygen atoms in total. The summed E-state index contributed by atoms with van der Waals surface area (Å²) < 4.78 is 24.9. The molecule has 0 saturated carbocycles. The molecule has 3 aliphatic rings. The van der Waals surface area contributed by atoms with E-state index in [0.29, 0.717) is 25.2 Å². The molecule has 0 aromatic heterocycles. The summed E-state index contributed by atoms with van der Waals surface area (Å²) in [6, 6.07) is 4.65. The van der Waals surface area contributed by atoms with Crippen LogP contribution in [-0.2, 0) is 15.9 Å². The summed E-state index contributed by atoms with van der Waals surface area (Å²) in [6.45, 7) is 3.58.